The third-order valence-electron chi connectivity index (χ3n) is 3.86. The molecule has 1 atom stereocenters. The Morgan fingerprint density at radius 2 is 2.25 bits per heavy atom. The van der Waals surface area contributed by atoms with Gasteiger partial charge in [-0.1, -0.05) is 6.92 Å². The van der Waals surface area contributed by atoms with Crippen molar-refractivity contribution >= 4 is 10.0 Å². The van der Waals surface area contributed by atoms with Crippen LogP contribution in [0.4, 0.5) is 0 Å². The van der Waals surface area contributed by atoms with Crippen LogP contribution in [0.25, 0.3) is 0 Å². The number of aromatic nitrogens is 2. The van der Waals surface area contributed by atoms with E-state index >= 15 is 0 Å². The summed E-state index contributed by atoms with van der Waals surface area (Å²) in [7, 11) is -3.50. The highest BCUT2D eigenvalue weighted by atomic mass is 32.2. The van der Waals surface area contributed by atoms with Crippen LogP contribution in [0.2, 0.25) is 0 Å². The molecule has 0 saturated carbocycles. The minimum Gasteiger partial charge on any atom is -0.334 e. The number of imidazole rings is 1. The van der Waals surface area contributed by atoms with Crippen LogP contribution in [-0.2, 0) is 16.6 Å². The molecule has 2 rings (SSSR count). The lowest BCUT2D eigenvalue weighted by atomic mass is 10.1. The van der Waals surface area contributed by atoms with E-state index < -0.39 is 10.0 Å². The molecule has 1 unspecified atom stereocenters. The number of rotatable bonds is 5. The molecule has 2 heterocycles. The maximum Gasteiger partial charge on any atom is 0.262 e. The van der Waals surface area contributed by atoms with Gasteiger partial charge in [-0.2, -0.15) is 4.31 Å². The second kappa shape index (κ2) is 6.24. The van der Waals surface area contributed by atoms with E-state index in [1.54, 1.807) is 10.5 Å². The SMILES string of the molecule is CCN(C1CCCNC1)S(=O)(=O)c1cn(CC)c(C)n1. The van der Waals surface area contributed by atoms with Crippen molar-refractivity contribution in [3.63, 3.8) is 0 Å². The lowest BCUT2D eigenvalue weighted by molar-refractivity contribution is 0.274. The topological polar surface area (TPSA) is 67.2 Å². The van der Waals surface area contributed by atoms with Gasteiger partial charge in [-0.3, -0.25) is 0 Å². The van der Waals surface area contributed by atoms with Gasteiger partial charge in [0.2, 0.25) is 0 Å². The third-order valence-corrected chi connectivity index (χ3v) is 5.76. The van der Waals surface area contributed by atoms with E-state index in [2.05, 4.69) is 10.3 Å². The fourth-order valence-corrected chi connectivity index (χ4v) is 4.41. The van der Waals surface area contributed by atoms with Gasteiger partial charge in [0.1, 0.15) is 5.82 Å². The second-order valence-corrected chi connectivity index (χ2v) is 6.96. The number of nitrogens with zero attached hydrogens (tertiary/aromatic N) is 3. The van der Waals surface area contributed by atoms with Crippen molar-refractivity contribution in [2.24, 2.45) is 0 Å². The third kappa shape index (κ3) is 2.89. The minimum absolute atomic E-state index is 0.0332. The number of hydrogen-bond donors (Lipinski definition) is 1. The molecule has 6 nitrogen and oxygen atoms in total. The Balaban J connectivity index is 2.30. The number of hydrogen-bond acceptors (Lipinski definition) is 4. The van der Waals surface area contributed by atoms with Gasteiger partial charge in [-0.05, 0) is 33.2 Å². The van der Waals surface area contributed by atoms with Gasteiger partial charge in [0.25, 0.3) is 10.0 Å². The zero-order valence-corrected chi connectivity index (χ0v) is 13.3. The van der Waals surface area contributed by atoms with E-state index in [4.69, 9.17) is 0 Å². The molecule has 1 N–H and O–H groups in total. The summed E-state index contributed by atoms with van der Waals surface area (Å²) in [6.45, 7) is 8.60. The fraction of sp³-hybridized carbons (Fsp3) is 0.769. The first-order valence-electron chi connectivity index (χ1n) is 7.27. The van der Waals surface area contributed by atoms with Gasteiger partial charge in [0.05, 0.1) is 0 Å². The van der Waals surface area contributed by atoms with Crippen molar-refractivity contribution in [2.75, 3.05) is 19.6 Å². The number of piperidine rings is 1. The molecule has 1 saturated heterocycles. The fourth-order valence-electron chi connectivity index (χ4n) is 2.75. The van der Waals surface area contributed by atoms with E-state index in [1.165, 1.54) is 0 Å². The Bertz CT molecular complexity index is 547. The number of sulfonamides is 1. The minimum atomic E-state index is -3.50. The summed E-state index contributed by atoms with van der Waals surface area (Å²) in [5.74, 6) is 0.740. The molecule has 20 heavy (non-hydrogen) atoms. The van der Waals surface area contributed by atoms with Crippen molar-refractivity contribution in [1.82, 2.24) is 19.2 Å². The summed E-state index contributed by atoms with van der Waals surface area (Å²) in [5.41, 5.74) is 0. The Morgan fingerprint density at radius 1 is 1.50 bits per heavy atom. The normalized spacial score (nSPS) is 20.5. The Morgan fingerprint density at radius 3 is 2.75 bits per heavy atom. The first-order chi connectivity index (χ1) is 9.50. The van der Waals surface area contributed by atoms with Crippen molar-refractivity contribution in [3.8, 4) is 0 Å². The first kappa shape index (κ1) is 15.5. The molecule has 1 aliphatic rings. The summed E-state index contributed by atoms with van der Waals surface area (Å²) in [5, 5.41) is 3.44. The molecule has 1 aliphatic heterocycles. The van der Waals surface area contributed by atoms with E-state index in [0.717, 1.165) is 38.3 Å². The summed E-state index contributed by atoms with van der Waals surface area (Å²) in [6, 6.07) is 0.0332. The second-order valence-electron chi connectivity index (χ2n) is 5.12. The van der Waals surface area contributed by atoms with Gasteiger partial charge < -0.3 is 9.88 Å². The van der Waals surface area contributed by atoms with E-state index in [1.807, 2.05) is 25.3 Å². The number of nitrogens with one attached hydrogen (secondary N) is 1. The van der Waals surface area contributed by atoms with Crippen LogP contribution in [0, 0.1) is 6.92 Å². The molecule has 1 fully saturated rings. The average Bonchev–Trinajstić information content (AvgIpc) is 2.82. The van der Waals surface area contributed by atoms with Crippen molar-refractivity contribution < 1.29 is 8.42 Å². The van der Waals surface area contributed by atoms with Gasteiger partial charge >= 0.3 is 0 Å². The van der Waals surface area contributed by atoms with Gasteiger partial charge in [-0.15, -0.1) is 0 Å². The summed E-state index contributed by atoms with van der Waals surface area (Å²) in [4.78, 5) is 4.23. The highest BCUT2D eigenvalue weighted by Crippen LogP contribution is 2.21. The van der Waals surface area contributed by atoms with Crippen LogP contribution in [0.15, 0.2) is 11.2 Å². The number of likely N-dealkylation sites (N-methyl/N-ethyl adjacent to an activating group) is 1. The first-order valence-corrected chi connectivity index (χ1v) is 8.71. The molecule has 0 aliphatic carbocycles. The van der Waals surface area contributed by atoms with Crippen LogP contribution in [0.5, 0.6) is 0 Å². The molecule has 0 aromatic carbocycles. The molecule has 1 aromatic heterocycles. The molecule has 0 amide bonds. The molecule has 7 heteroatoms. The van der Waals surface area contributed by atoms with Crippen LogP contribution in [-0.4, -0.2) is 48.0 Å². The predicted octanol–water partition coefficient (Wildman–Crippen LogP) is 0.974. The monoisotopic (exact) mass is 300 g/mol. The zero-order chi connectivity index (χ0) is 14.8. The predicted molar refractivity (Wildman–Crippen MR) is 78.1 cm³/mol. The highest BCUT2D eigenvalue weighted by Gasteiger charge is 2.32. The molecule has 1 aromatic rings. The van der Waals surface area contributed by atoms with Crippen molar-refractivity contribution in [1.29, 1.82) is 0 Å². The van der Waals surface area contributed by atoms with Crippen molar-refractivity contribution in [3.05, 3.63) is 12.0 Å². The van der Waals surface area contributed by atoms with Crippen molar-refractivity contribution in [2.45, 2.75) is 51.2 Å². The van der Waals surface area contributed by atoms with Gasteiger partial charge in [0.15, 0.2) is 5.03 Å². The van der Waals surface area contributed by atoms with Crippen LogP contribution in [0.3, 0.4) is 0 Å². The summed E-state index contributed by atoms with van der Waals surface area (Å²) in [6.07, 6.45) is 3.57. The van der Waals surface area contributed by atoms with E-state index in [9.17, 15) is 8.42 Å². The van der Waals surface area contributed by atoms with Crippen LogP contribution >= 0.6 is 0 Å². The Hall–Kier alpha value is -0.920. The van der Waals surface area contributed by atoms with Crippen LogP contribution in [0.1, 0.15) is 32.5 Å². The lowest BCUT2D eigenvalue weighted by Crippen LogP contribution is -2.48. The molecule has 0 bridgehead atoms. The van der Waals surface area contributed by atoms with Crippen LogP contribution < -0.4 is 5.32 Å². The smallest absolute Gasteiger partial charge is 0.262 e. The Labute approximate surface area is 121 Å². The maximum absolute atomic E-state index is 12.8. The van der Waals surface area contributed by atoms with Gasteiger partial charge in [0, 0.05) is 31.9 Å². The van der Waals surface area contributed by atoms with Gasteiger partial charge in [-0.25, -0.2) is 13.4 Å². The zero-order valence-electron chi connectivity index (χ0n) is 12.5. The Kier molecular flexibility index (Phi) is 4.82. The van der Waals surface area contributed by atoms with E-state index in [0.29, 0.717) is 6.54 Å². The summed E-state index contributed by atoms with van der Waals surface area (Å²) < 4.78 is 29.0. The van der Waals surface area contributed by atoms with E-state index in [-0.39, 0.29) is 11.1 Å². The average molecular weight is 300 g/mol. The molecule has 114 valence electrons. The molecule has 0 radical (unpaired) electrons. The highest BCUT2D eigenvalue weighted by molar-refractivity contribution is 7.89. The molecular formula is C13H24N4O2S. The quantitative estimate of drug-likeness (QED) is 0.880. The standard InChI is InChI=1S/C13H24N4O2S/c1-4-16-10-13(15-11(16)3)20(18,19)17(5-2)12-7-6-8-14-9-12/h10,12,14H,4-9H2,1-3H3. The number of aryl methyl sites for hydroxylation is 2. The molecular weight excluding hydrogens is 276 g/mol. The summed E-state index contributed by atoms with van der Waals surface area (Å²) >= 11 is 0. The molecule has 0 spiro atoms. The maximum atomic E-state index is 12.8. The largest absolute Gasteiger partial charge is 0.334 e. The lowest BCUT2D eigenvalue weighted by Gasteiger charge is -2.32.